The fourth-order valence-electron chi connectivity index (χ4n) is 3.93. The lowest BCUT2D eigenvalue weighted by molar-refractivity contribution is -0.123. The maximum atomic E-state index is 13.0. The molecule has 1 saturated carbocycles. The first kappa shape index (κ1) is 25.6. The molecule has 1 aliphatic carbocycles. The second-order valence-electron chi connectivity index (χ2n) is 8.50. The summed E-state index contributed by atoms with van der Waals surface area (Å²) in [6, 6.07) is 12.5. The molecule has 2 aromatic rings. The molecule has 0 bridgehead atoms. The highest BCUT2D eigenvalue weighted by atomic mass is 32.2. The Morgan fingerprint density at radius 2 is 1.71 bits per heavy atom. The van der Waals surface area contributed by atoms with Gasteiger partial charge in [0, 0.05) is 28.2 Å². The van der Waals surface area contributed by atoms with Crippen LogP contribution < -0.4 is 15.5 Å². The first-order valence-corrected chi connectivity index (χ1v) is 12.9. The van der Waals surface area contributed by atoms with Crippen molar-refractivity contribution in [1.82, 2.24) is 5.32 Å². The van der Waals surface area contributed by atoms with E-state index in [-0.39, 0.29) is 24.2 Å². The molecule has 3 rings (SSSR count). The highest BCUT2D eigenvalue weighted by molar-refractivity contribution is 7.86. The molecule has 2 aromatic carbocycles. The van der Waals surface area contributed by atoms with E-state index in [4.69, 9.17) is 0 Å². The largest absolute Gasteiger partial charge is 0.352 e. The monoisotopic (exact) mass is 487 g/mol. The number of hydrogen-bond acceptors (Lipinski definition) is 4. The van der Waals surface area contributed by atoms with Gasteiger partial charge < -0.3 is 15.5 Å². The normalized spacial score (nSPS) is 14.8. The first-order chi connectivity index (χ1) is 16.3. The van der Waals surface area contributed by atoms with Crippen LogP contribution in [0.25, 0.3) is 0 Å². The molecule has 0 radical (unpaired) electrons. The van der Waals surface area contributed by atoms with Gasteiger partial charge in [0.1, 0.15) is 23.9 Å². The van der Waals surface area contributed by atoms with Gasteiger partial charge in [0.15, 0.2) is 0 Å². The molecule has 0 aromatic heterocycles. The zero-order chi connectivity index (χ0) is 24.5. The predicted molar refractivity (Wildman–Crippen MR) is 131 cm³/mol. The summed E-state index contributed by atoms with van der Waals surface area (Å²) in [5.74, 6) is -2.54. The van der Waals surface area contributed by atoms with Gasteiger partial charge in [-0.15, -0.1) is 0 Å². The van der Waals surface area contributed by atoms with Crippen molar-refractivity contribution in [3.05, 3.63) is 59.9 Å². The van der Waals surface area contributed by atoms with E-state index in [1.54, 1.807) is 18.2 Å². The van der Waals surface area contributed by atoms with E-state index in [9.17, 15) is 23.0 Å². The molecular formula is C25H30FN3O4S. The quantitative estimate of drug-likeness (QED) is 0.567. The van der Waals surface area contributed by atoms with Gasteiger partial charge in [-0.25, -0.2) is 4.39 Å². The maximum Gasteiger partial charge on any atom is 0.240 e. The van der Waals surface area contributed by atoms with E-state index in [1.165, 1.54) is 35.6 Å². The maximum absolute atomic E-state index is 13.0. The van der Waals surface area contributed by atoms with Crippen molar-refractivity contribution >= 4 is 39.9 Å². The number of carbonyl (C=O) groups is 3. The summed E-state index contributed by atoms with van der Waals surface area (Å²) >= 11 is 0. The molecule has 1 aliphatic rings. The van der Waals surface area contributed by atoms with E-state index in [2.05, 4.69) is 10.6 Å². The Hall–Kier alpha value is -3.07. The molecular weight excluding hydrogens is 457 g/mol. The van der Waals surface area contributed by atoms with Crippen LogP contribution in [0.3, 0.4) is 0 Å². The van der Waals surface area contributed by atoms with Gasteiger partial charge in [-0.3, -0.25) is 18.6 Å². The van der Waals surface area contributed by atoms with Crippen LogP contribution in [-0.2, 0) is 25.2 Å². The SMILES string of the molecule is Cc1cccc(N(CC(=O)NC2CCCCC2)C(=O)CS(=O)CC(=O)Nc2ccc(F)cc2)c1. The molecule has 1 fully saturated rings. The van der Waals surface area contributed by atoms with E-state index >= 15 is 0 Å². The Morgan fingerprint density at radius 1 is 1.00 bits per heavy atom. The minimum Gasteiger partial charge on any atom is -0.352 e. The number of rotatable bonds is 9. The number of halogens is 1. The predicted octanol–water partition coefficient (Wildman–Crippen LogP) is 3.30. The van der Waals surface area contributed by atoms with Gasteiger partial charge in [0.2, 0.25) is 17.7 Å². The smallest absolute Gasteiger partial charge is 0.240 e. The molecule has 0 aliphatic heterocycles. The lowest BCUT2D eigenvalue weighted by Gasteiger charge is -2.26. The average Bonchev–Trinajstić information content (AvgIpc) is 2.79. The number of carbonyl (C=O) groups excluding carboxylic acids is 3. The lowest BCUT2D eigenvalue weighted by atomic mass is 9.95. The Balaban J connectivity index is 1.61. The van der Waals surface area contributed by atoms with Crippen LogP contribution in [0.5, 0.6) is 0 Å². The van der Waals surface area contributed by atoms with Crippen molar-refractivity contribution in [2.75, 3.05) is 28.3 Å². The van der Waals surface area contributed by atoms with E-state index in [0.29, 0.717) is 11.4 Å². The number of aryl methyl sites for hydroxylation is 1. The average molecular weight is 488 g/mol. The molecule has 0 spiro atoms. The summed E-state index contributed by atoms with van der Waals surface area (Å²) in [5, 5.41) is 5.54. The molecule has 34 heavy (non-hydrogen) atoms. The van der Waals surface area contributed by atoms with Crippen LogP contribution in [0, 0.1) is 12.7 Å². The summed E-state index contributed by atoms with van der Waals surface area (Å²) in [6.07, 6.45) is 5.17. The molecule has 7 nitrogen and oxygen atoms in total. The van der Waals surface area contributed by atoms with E-state index < -0.39 is 34.2 Å². The molecule has 9 heteroatoms. The van der Waals surface area contributed by atoms with Crippen LogP contribution in [0.15, 0.2) is 48.5 Å². The molecule has 0 heterocycles. The zero-order valence-electron chi connectivity index (χ0n) is 19.2. The van der Waals surface area contributed by atoms with E-state index in [0.717, 1.165) is 31.2 Å². The highest BCUT2D eigenvalue weighted by Crippen LogP contribution is 2.19. The highest BCUT2D eigenvalue weighted by Gasteiger charge is 2.24. The van der Waals surface area contributed by atoms with Gasteiger partial charge in [-0.1, -0.05) is 31.4 Å². The molecule has 182 valence electrons. The third-order valence-electron chi connectivity index (χ3n) is 5.59. The van der Waals surface area contributed by atoms with Crippen molar-refractivity contribution in [3.8, 4) is 0 Å². The second-order valence-corrected chi connectivity index (χ2v) is 9.96. The van der Waals surface area contributed by atoms with Crippen LogP contribution in [0.4, 0.5) is 15.8 Å². The van der Waals surface area contributed by atoms with Gasteiger partial charge in [-0.2, -0.15) is 0 Å². The van der Waals surface area contributed by atoms with Gasteiger partial charge in [-0.05, 0) is 61.7 Å². The molecule has 1 atom stereocenters. The molecule has 1 unspecified atom stereocenters. The Bertz CT molecular complexity index is 1040. The second kappa shape index (κ2) is 12.4. The van der Waals surface area contributed by atoms with Gasteiger partial charge in [0.25, 0.3) is 0 Å². The lowest BCUT2D eigenvalue weighted by Crippen LogP contribution is -2.46. The number of nitrogens with zero attached hydrogens (tertiary/aromatic N) is 1. The number of benzene rings is 2. The van der Waals surface area contributed by atoms with Crippen molar-refractivity contribution < 1.29 is 23.0 Å². The molecule has 0 saturated heterocycles. The molecule has 2 N–H and O–H groups in total. The van der Waals surface area contributed by atoms with Crippen LogP contribution in [0.1, 0.15) is 37.7 Å². The van der Waals surface area contributed by atoms with Crippen molar-refractivity contribution in [2.45, 2.75) is 45.1 Å². The van der Waals surface area contributed by atoms with Gasteiger partial charge >= 0.3 is 0 Å². The van der Waals surface area contributed by atoms with Gasteiger partial charge in [0.05, 0.1) is 0 Å². The third-order valence-corrected chi connectivity index (χ3v) is 6.74. The number of anilines is 2. The van der Waals surface area contributed by atoms with Crippen molar-refractivity contribution in [3.63, 3.8) is 0 Å². The summed E-state index contributed by atoms with van der Waals surface area (Å²) in [7, 11) is -1.79. The van der Waals surface area contributed by atoms with Crippen LogP contribution >= 0.6 is 0 Å². The standard InChI is InChI=1S/C25H30FN3O4S/c1-18-6-5-9-22(14-18)29(15-23(30)27-20-7-3-2-4-8-20)25(32)17-34(33)16-24(31)28-21-12-10-19(26)11-13-21/h5-6,9-14,20H,2-4,7-8,15-17H2,1H3,(H,27,30)(H,28,31). The zero-order valence-corrected chi connectivity index (χ0v) is 20.0. The molecule has 3 amide bonds. The number of nitrogens with one attached hydrogen (secondary N) is 2. The minimum absolute atomic E-state index is 0.111. The Morgan fingerprint density at radius 3 is 2.38 bits per heavy atom. The van der Waals surface area contributed by atoms with Crippen LogP contribution in [0.2, 0.25) is 0 Å². The minimum atomic E-state index is -1.79. The fraction of sp³-hybridized carbons (Fsp3) is 0.400. The van der Waals surface area contributed by atoms with Crippen molar-refractivity contribution in [2.24, 2.45) is 0 Å². The van der Waals surface area contributed by atoms with Crippen molar-refractivity contribution in [1.29, 1.82) is 0 Å². The third kappa shape index (κ3) is 8.06. The summed E-state index contributed by atoms with van der Waals surface area (Å²) < 4.78 is 25.6. The summed E-state index contributed by atoms with van der Waals surface area (Å²) in [5.41, 5.74) is 1.83. The Labute approximate surface area is 201 Å². The number of amides is 3. The number of hydrogen-bond donors (Lipinski definition) is 2. The topological polar surface area (TPSA) is 95.6 Å². The summed E-state index contributed by atoms with van der Waals surface area (Å²) in [4.78, 5) is 39.3. The van der Waals surface area contributed by atoms with E-state index in [1.807, 2.05) is 13.0 Å². The summed E-state index contributed by atoms with van der Waals surface area (Å²) in [6.45, 7) is 1.70. The Kier molecular flexibility index (Phi) is 9.33. The fourth-order valence-corrected chi connectivity index (χ4v) is 4.82. The van der Waals surface area contributed by atoms with Crippen LogP contribution in [-0.4, -0.2) is 46.0 Å². The first-order valence-electron chi connectivity index (χ1n) is 11.4.